The fourth-order valence-corrected chi connectivity index (χ4v) is 2.49. The van der Waals surface area contributed by atoms with Crippen LogP contribution in [-0.2, 0) is 16.1 Å². The molecular formula is C14H16N4O4. The molecule has 2 aromatic heterocycles. The zero-order chi connectivity index (χ0) is 15.9. The third kappa shape index (κ3) is 2.47. The lowest BCUT2D eigenvalue weighted by atomic mass is 10.2. The summed E-state index contributed by atoms with van der Waals surface area (Å²) in [4.78, 5) is 37.1. The number of carbonyl (C=O) groups excluding carboxylic acids is 1. The minimum atomic E-state index is -1.05. The van der Waals surface area contributed by atoms with Gasteiger partial charge in [-0.25, -0.2) is 14.3 Å². The number of pyridine rings is 1. The number of nitrogens with zero attached hydrogens (tertiary/aromatic N) is 4. The van der Waals surface area contributed by atoms with Gasteiger partial charge in [-0.3, -0.25) is 9.20 Å². The van der Waals surface area contributed by atoms with E-state index in [1.165, 1.54) is 16.2 Å². The highest BCUT2D eigenvalue weighted by atomic mass is 16.4. The fraction of sp³-hybridized carbons (Fsp3) is 0.429. The molecule has 8 nitrogen and oxygen atoms in total. The number of carbonyl (C=O) groups is 2. The van der Waals surface area contributed by atoms with Crippen LogP contribution in [0.15, 0.2) is 29.2 Å². The van der Waals surface area contributed by atoms with E-state index in [-0.39, 0.29) is 12.6 Å². The van der Waals surface area contributed by atoms with Crippen LogP contribution in [0.4, 0.5) is 0 Å². The molecule has 0 bridgehead atoms. The molecule has 2 heterocycles. The van der Waals surface area contributed by atoms with E-state index < -0.39 is 23.6 Å². The largest absolute Gasteiger partial charge is 0.480 e. The predicted octanol–water partition coefficient (Wildman–Crippen LogP) is -0.0399. The Bertz CT molecular complexity index is 789. The third-order valence-electron chi connectivity index (χ3n) is 3.78. The predicted molar refractivity (Wildman–Crippen MR) is 76.4 cm³/mol. The number of carboxylic acid groups (broad SMARTS) is 1. The first-order chi connectivity index (χ1) is 10.5. The van der Waals surface area contributed by atoms with Crippen LogP contribution < -0.4 is 5.69 Å². The topological polar surface area (TPSA) is 96.9 Å². The van der Waals surface area contributed by atoms with E-state index in [2.05, 4.69) is 5.10 Å². The summed E-state index contributed by atoms with van der Waals surface area (Å²) in [6.07, 6.45) is 3.16. The van der Waals surface area contributed by atoms with Crippen LogP contribution in [0.25, 0.3) is 5.65 Å². The second kappa shape index (κ2) is 5.28. The van der Waals surface area contributed by atoms with Gasteiger partial charge >= 0.3 is 11.7 Å². The lowest BCUT2D eigenvalue weighted by Gasteiger charge is -2.26. The van der Waals surface area contributed by atoms with Gasteiger partial charge in [-0.15, -0.1) is 5.10 Å². The number of hydrogen-bond acceptors (Lipinski definition) is 4. The van der Waals surface area contributed by atoms with Crippen LogP contribution in [-0.4, -0.2) is 48.1 Å². The maximum Gasteiger partial charge on any atom is 0.350 e. The minimum absolute atomic E-state index is 0.0497. The van der Waals surface area contributed by atoms with Crippen molar-refractivity contribution in [2.45, 2.75) is 38.4 Å². The second-order valence-corrected chi connectivity index (χ2v) is 5.42. The average Bonchev–Trinajstić information content (AvgIpc) is 3.26. The third-order valence-corrected chi connectivity index (χ3v) is 3.78. The SMILES string of the molecule is CC(C(=O)O)N(C(=O)Cn1nc2ccccn2c1=O)C1CC1. The first kappa shape index (κ1) is 14.3. The Kier molecular flexibility index (Phi) is 3.44. The Labute approximate surface area is 125 Å². The van der Waals surface area contributed by atoms with Crippen LogP contribution in [0, 0.1) is 0 Å². The summed E-state index contributed by atoms with van der Waals surface area (Å²) in [6, 6.07) is 4.15. The quantitative estimate of drug-likeness (QED) is 0.836. The molecule has 1 unspecified atom stereocenters. The van der Waals surface area contributed by atoms with Crippen molar-refractivity contribution in [1.82, 2.24) is 19.1 Å². The molecule has 1 amide bonds. The van der Waals surface area contributed by atoms with Gasteiger partial charge in [0.05, 0.1) is 0 Å². The van der Waals surface area contributed by atoms with E-state index >= 15 is 0 Å². The Hall–Kier alpha value is -2.64. The number of aliphatic carboxylic acids is 1. The van der Waals surface area contributed by atoms with E-state index in [1.54, 1.807) is 24.4 Å². The molecule has 3 rings (SSSR count). The molecule has 1 N–H and O–H groups in total. The van der Waals surface area contributed by atoms with Gasteiger partial charge in [0.15, 0.2) is 5.65 Å². The molecule has 1 aliphatic carbocycles. The lowest BCUT2D eigenvalue weighted by molar-refractivity contribution is -0.150. The van der Waals surface area contributed by atoms with Gasteiger partial charge < -0.3 is 10.0 Å². The molecule has 0 aliphatic heterocycles. The highest BCUT2D eigenvalue weighted by Crippen LogP contribution is 2.29. The summed E-state index contributed by atoms with van der Waals surface area (Å²) in [5.41, 5.74) is 0.0345. The zero-order valence-corrected chi connectivity index (χ0v) is 12.0. The van der Waals surface area contributed by atoms with Gasteiger partial charge in [0.2, 0.25) is 5.91 Å². The number of amides is 1. The van der Waals surface area contributed by atoms with Crippen LogP contribution in [0.3, 0.4) is 0 Å². The van der Waals surface area contributed by atoms with Gasteiger partial charge in [-0.05, 0) is 31.9 Å². The smallest absolute Gasteiger partial charge is 0.350 e. The van der Waals surface area contributed by atoms with Crippen LogP contribution in [0.5, 0.6) is 0 Å². The summed E-state index contributed by atoms with van der Waals surface area (Å²) < 4.78 is 2.41. The van der Waals surface area contributed by atoms with E-state index in [0.29, 0.717) is 5.65 Å². The van der Waals surface area contributed by atoms with Crippen LogP contribution >= 0.6 is 0 Å². The van der Waals surface area contributed by atoms with Crippen molar-refractivity contribution < 1.29 is 14.7 Å². The number of rotatable bonds is 5. The molecule has 22 heavy (non-hydrogen) atoms. The first-order valence-corrected chi connectivity index (χ1v) is 7.07. The summed E-state index contributed by atoms with van der Waals surface area (Å²) in [5.74, 6) is -1.45. The van der Waals surface area contributed by atoms with Gasteiger partial charge in [-0.1, -0.05) is 6.07 Å². The van der Waals surface area contributed by atoms with Crippen molar-refractivity contribution in [3.8, 4) is 0 Å². The molecule has 0 aromatic carbocycles. The van der Waals surface area contributed by atoms with Gasteiger partial charge in [0.25, 0.3) is 0 Å². The lowest BCUT2D eigenvalue weighted by Crippen LogP contribution is -2.47. The Morgan fingerprint density at radius 3 is 2.77 bits per heavy atom. The maximum atomic E-state index is 12.4. The molecule has 8 heteroatoms. The Balaban J connectivity index is 1.87. The molecule has 0 saturated heterocycles. The summed E-state index contributed by atoms with van der Waals surface area (Å²) in [7, 11) is 0. The van der Waals surface area contributed by atoms with Crippen molar-refractivity contribution in [3.05, 3.63) is 34.9 Å². The Morgan fingerprint density at radius 2 is 2.18 bits per heavy atom. The van der Waals surface area contributed by atoms with Gasteiger partial charge in [0, 0.05) is 12.2 Å². The van der Waals surface area contributed by atoms with Crippen molar-refractivity contribution >= 4 is 17.5 Å². The van der Waals surface area contributed by atoms with Crippen LogP contribution in [0.2, 0.25) is 0 Å². The Morgan fingerprint density at radius 1 is 1.45 bits per heavy atom. The molecule has 0 spiro atoms. The fourth-order valence-electron chi connectivity index (χ4n) is 2.49. The standard InChI is InChI=1S/C14H16N4O4/c1-9(13(20)21)18(10-5-6-10)12(19)8-17-14(22)16-7-3-2-4-11(16)15-17/h2-4,7,9-10H,5-6,8H2,1H3,(H,20,21). The molecular weight excluding hydrogens is 288 g/mol. The van der Waals surface area contributed by atoms with E-state index in [9.17, 15) is 14.4 Å². The maximum absolute atomic E-state index is 12.4. The first-order valence-electron chi connectivity index (χ1n) is 7.07. The summed E-state index contributed by atoms with van der Waals surface area (Å²) in [5, 5.41) is 13.2. The number of carboxylic acids is 1. The monoisotopic (exact) mass is 304 g/mol. The minimum Gasteiger partial charge on any atom is -0.480 e. The van der Waals surface area contributed by atoms with Crippen LogP contribution in [0.1, 0.15) is 19.8 Å². The number of aromatic nitrogens is 3. The number of fused-ring (bicyclic) bond motifs is 1. The normalized spacial score (nSPS) is 15.7. The van der Waals surface area contributed by atoms with E-state index in [0.717, 1.165) is 17.5 Å². The highest BCUT2D eigenvalue weighted by Gasteiger charge is 2.38. The summed E-state index contributed by atoms with van der Waals surface area (Å²) in [6.45, 7) is 1.22. The van der Waals surface area contributed by atoms with Gasteiger partial charge in [-0.2, -0.15) is 0 Å². The van der Waals surface area contributed by atoms with E-state index in [4.69, 9.17) is 5.11 Å². The molecule has 1 fully saturated rings. The highest BCUT2D eigenvalue weighted by molar-refractivity contribution is 5.83. The van der Waals surface area contributed by atoms with Crippen molar-refractivity contribution in [2.24, 2.45) is 0 Å². The average molecular weight is 304 g/mol. The molecule has 0 radical (unpaired) electrons. The zero-order valence-electron chi connectivity index (χ0n) is 12.0. The van der Waals surface area contributed by atoms with Crippen molar-refractivity contribution in [3.63, 3.8) is 0 Å². The van der Waals surface area contributed by atoms with Gasteiger partial charge in [0.1, 0.15) is 12.6 Å². The number of hydrogen-bond donors (Lipinski definition) is 1. The van der Waals surface area contributed by atoms with Crippen molar-refractivity contribution in [1.29, 1.82) is 0 Å². The molecule has 116 valence electrons. The molecule has 1 aliphatic rings. The van der Waals surface area contributed by atoms with E-state index in [1.807, 2.05) is 0 Å². The molecule has 1 saturated carbocycles. The molecule has 2 aromatic rings. The molecule has 1 atom stereocenters. The summed E-state index contributed by atoms with van der Waals surface area (Å²) >= 11 is 0. The second-order valence-electron chi connectivity index (χ2n) is 5.42. The van der Waals surface area contributed by atoms with Crippen molar-refractivity contribution in [2.75, 3.05) is 0 Å².